The van der Waals surface area contributed by atoms with E-state index in [0.29, 0.717) is 11.9 Å². The zero-order chi connectivity index (χ0) is 20.3. The summed E-state index contributed by atoms with van der Waals surface area (Å²) >= 11 is 0. The topological polar surface area (TPSA) is 26.3 Å². The van der Waals surface area contributed by atoms with Gasteiger partial charge in [0.15, 0.2) is 0 Å². The van der Waals surface area contributed by atoms with Crippen molar-refractivity contribution in [1.29, 1.82) is 0 Å². The molecule has 0 aliphatic heterocycles. The maximum atomic E-state index is 10.5. The fraction of sp³-hybridized carbons (Fsp3) is 0.731. The van der Waals surface area contributed by atoms with E-state index in [2.05, 4.69) is 45.0 Å². The Morgan fingerprint density at radius 3 is 2.00 bits per heavy atom. The molecule has 0 amide bonds. The molecule has 1 aromatic rings. The fourth-order valence-corrected chi connectivity index (χ4v) is 4.08. The summed E-state index contributed by atoms with van der Waals surface area (Å²) in [6, 6.07) is 9.23. The molecule has 1 fully saturated rings. The third kappa shape index (κ3) is 9.75. The van der Waals surface area contributed by atoms with Crippen molar-refractivity contribution in [2.75, 3.05) is 0 Å². The van der Waals surface area contributed by atoms with Crippen molar-refractivity contribution in [3.8, 4) is 0 Å². The largest absolute Gasteiger partial charge is 0.461 e. The standard InChI is InChI=1S/C26H42O2/c1-25(2,3)17-10-6-4-8-13-23-15-12-16-24(21-23)14-9-5-7-11-18-26(19-20-26)28-22-27/h12,15-16,21-22H,4-11,13-14,17-20H2,1-3H3. The Balaban J connectivity index is 1.53. The van der Waals surface area contributed by atoms with Crippen molar-refractivity contribution in [3.63, 3.8) is 0 Å². The van der Waals surface area contributed by atoms with Crippen LogP contribution in [0.4, 0.5) is 0 Å². The summed E-state index contributed by atoms with van der Waals surface area (Å²) in [6.07, 6.45) is 17.3. The molecule has 1 aliphatic carbocycles. The summed E-state index contributed by atoms with van der Waals surface area (Å²) in [6.45, 7) is 7.64. The van der Waals surface area contributed by atoms with Crippen molar-refractivity contribution >= 4 is 6.47 Å². The zero-order valence-electron chi connectivity index (χ0n) is 18.6. The number of hydrogen-bond acceptors (Lipinski definition) is 2. The first kappa shape index (κ1) is 23.0. The molecule has 158 valence electrons. The van der Waals surface area contributed by atoms with Crippen LogP contribution >= 0.6 is 0 Å². The number of benzene rings is 1. The van der Waals surface area contributed by atoms with Crippen LogP contribution in [-0.2, 0) is 22.4 Å². The average Bonchev–Trinajstić information content (AvgIpc) is 3.40. The van der Waals surface area contributed by atoms with Gasteiger partial charge in [0.05, 0.1) is 0 Å². The third-order valence-electron chi connectivity index (χ3n) is 6.09. The minimum atomic E-state index is -0.0666. The highest BCUT2D eigenvalue weighted by Crippen LogP contribution is 2.43. The van der Waals surface area contributed by atoms with Gasteiger partial charge >= 0.3 is 0 Å². The predicted molar refractivity (Wildman–Crippen MR) is 119 cm³/mol. The van der Waals surface area contributed by atoms with Crippen LogP contribution in [0.5, 0.6) is 0 Å². The first-order valence-electron chi connectivity index (χ1n) is 11.6. The number of hydrogen-bond donors (Lipinski definition) is 0. The fourth-order valence-electron chi connectivity index (χ4n) is 4.08. The normalized spacial score (nSPS) is 15.4. The van der Waals surface area contributed by atoms with Gasteiger partial charge < -0.3 is 4.74 Å². The summed E-state index contributed by atoms with van der Waals surface area (Å²) in [5.41, 5.74) is 3.42. The van der Waals surface area contributed by atoms with E-state index in [1.165, 1.54) is 81.8 Å². The molecule has 1 aromatic carbocycles. The molecule has 0 aromatic heterocycles. The van der Waals surface area contributed by atoms with Gasteiger partial charge in [0.1, 0.15) is 5.60 Å². The average molecular weight is 387 g/mol. The quantitative estimate of drug-likeness (QED) is 0.231. The van der Waals surface area contributed by atoms with Gasteiger partial charge in [0.2, 0.25) is 0 Å². The van der Waals surface area contributed by atoms with Crippen LogP contribution in [0.25, 0.3) is 0 Å². The molecule has 0 N–H and O–H groups in total. The summed E-state index contributed by atoms with van der Waals surface area (Å²) in [5, 5.41) is 0. The Morgan fingerprint density at radius 2 is 1.46 bits per heavy atom. The molecule has 1 aliphatic rings. The molecule has 0 spiro atoms. The van der Waals surface area contributed by atoms with Crippen molar-refractivity contribution in [1.82, 2.24) is 0 Å². The second-order valence-corrected chi connectivity index (χ2v) is 10.1. The Kier molecular flexibility index (Phi) is 9.55. The summed E-state index contributed by atoms with van der Waals surface area (Å²) in [5.74, 6) is 0. The van der Waals surface area contributed by atoms with Gasteiger partial charge in [-0.15, -0.1) is 0 Å². The first-order chi connectivity index (χ1) is 13.4. The molecule has 2 rings (SSSR count). The van der Waals surface area contributed by atoms with Crippen molar-refractivity contribution in [3.05, 3.63) is 35.4 Å². The first-order valence-corrected chi connectivity index (χ1v) is 11.6. The number of rotatable bonds is 15. The summed E-state index contributed by atoms with van der Waals surface area (Å²) in [4.78, 5) is 10.5. The van der Waals surface area contributed by atoms with Crippen LogP contribution in [0.1, 0.15) is 109 Å². The van der Waals surface area contributed by atoms with Crippen molar-refractivity contribution < 1.29 is 9.53 Å². The van der Waals surface area contributed by atoms with E-state index >= 15 is 0 Å². The van der Waals surface area contributed by atoms with Crippen LogP contribution in [0.2, 0.25) is 0 Å². The van der Waals surface area contributed by atoms with Gasteiger partial charge in [0, 0.05) is 0 Å². The number of aryl methyl sites for hydroxylation is 2. The van der Waals surface area contributed by atoms with E-state index in [9.17, 15) is 4.79 Å². The SMILES string of the molecule is CC(C)(C)CCCCCCc1cccc(CCCCCCC2(OC=O)CC2)c1. The smallest absolute Gasteiger partial charge is 0.293 e. The Morgan fingerprint density at radius 1 is 0.893 bits per heavy atom. The second kappa shape index (κ2) is 11.6. The summed E-state index contributed by atoms with van der Waals surface area (Å²) in [7, 11) is 0. The van der Waals surface area contributed by atoms with E-state index in [-0.39, 0.29) is 5.60 Å². The van der Waals surface area contributed by atoms with Gasteiger partial charge in [-0.05, 0) is 74.3 Å². The van der Waals surface area contributed by atoms with Crippen LogP contribution in [-0.4, -0.2) is 12.1 Å². The van der Waals surface area contributed by atoms with Crippen molar-refractivity contribution in [2.45, 2.75) is 116 Å². The predicted octanol–water partition coefficient (Wildman–Crippen LogP) is 7.42. The number of carbonyl (C=O) groups is 1. The molecule has 0 saturated heterocycles. The highest BCUT2D eigenvalue weighted by atomic mass is 16.5. The molecular formula is C26H42O2. The molecule has 0 bridgehead atoms. The highest BCUT2D eigenvalue weighted by Gasteiger charge is 2.44. The van der Waals surface area contributed by atoms with Crippen LogP contribution < -0.4 is 0 Å². The monoisotopic (exact) mass is 386 g/mol. The number of carbonyl (C=O) groups excluding carboxylic acids is 1. The maximum Gasteiger partial charge on any atom is 0.293 e. The molecule has 2 heteroatoms. The molecular weight excluding hydrogens is 344 g/mol. The Labute approximate surface area is 173 Å². The Bertz CT molecular complexity index is 566. The Hall–Kier alpha value is -1.31. The minimum absolute atomic E-state index is 0.0666. The molecule has 28 heavy (non-hydrogen) atoms. The maximum absolute atomic E-state index is 10.5. The van der Waals surface area contributed by atoms with E-state index < -0.39 is 0 Å². The van der Waals surface area contributed by atoms with Gasteiger partial charge in [-0.1, -0.05) is 77.1 Å². The van der Waals surface area contributed by atoms with E-state index in [4.69, 9.17) is 4.74 Å². The van der Waals surface area contributed by atoms with E-state index in [0.717, 1.165) is 19.3 Å². The highest BCUT2D eigenvalue weighted by molar-refractivity contribution is 5.39. The number of unbranched alkanes of at least 4 members (excludes halogenated alkanes) is 6. The lowest BCUT2D eigenvalue weighted by atomic mass is 9.89. The lowest BCUT2D eigenvalue weighted by molar-refractivity contribution is -0.135. The second-order valence-electron chi connectivity index (χ2n) is 10.1. The van der Waals surface area contributed by atoms with Crippen LogP contribution in [0.15, 0.2) is 24.3 Å². The minimum Gasteiger partial charge on any atom is -0.461 e. The number of ether oxygens (including phenoxy) is 1. The lowest BCUT2D eigenvalue weighted by Gasteiger charge is -2.17. The third-order valence-corrected chi connectivity index (χ3v) is 6.09. The van der Waals surface area contributed by atoms with E-state index in [1.807, 2.05) is 0 Å². The molecule has 0 heterocycles. The molecule has 0 radical (unpaired) electrons. The van der Waals surface area contributed by atoms with Gasteiger partial charge in [0.25, 0.3) is 6.47 Å². The van der Waals surface area contributed by atoms with Gasteiger partial charge in [-0.2, -0.15) is 0 Å². The van der Waals surface area contributed by atoms with Gasteiger partial charge in [-0.25, -0.2) is 0 Å². The molecule has 0 unspecified atom stereocenters. The van der Waals surface area contributed by atoms with Crippen LogP contribution in [0.3, 0.4) is 0 Å². The van der Waals surface area contributed by atoms with Crippen LogP contribution in [0, 0.1) is 5.41 Å². The van der Waals surface area contributed by atoms with E-state index in [1.54, 1.807) is 0 Å². The zero-order valence-corrected chi connectivity index (χ0v) is 18.6. The molecule has 0 atom stereocenters. The lowest BCUT2D eigenvalue weighted by Crippen LogP contribution is -2.12. The van der Waals surface area contributed by atoms with Gasteiger partial charge in [-0.3, -0.25) is 4.79 Å². The molecule has 1 saturated carbocycles. The molecule has 2 nitrogen and oxygen atoms in total. The summed E-state index contributed by atoms with van der Waals surface area (Å²) < 4.78 is 5.22. The van der Waals surface area contributed by atoms with Crippen molar-refractivity contribution in [2.24, 2.45) is 5.41 Å².